The van der Waals surface area contributed by atoms with Gasteiger partial charge in [-0.25, -0.2) is 15.0 Å². The Balaban J connectivity index is 1.35. The highest BCUT2D eigenvalue weighted by Crippen LogP contribution is 2.44. The smallest absolute Gasteiger partial charge is 0.165 e. The molecule has 0 saturated heterocycles. The van der Waals surface area contributed by atoms with Crippen LogP contribution in [0.2, 0.25) is 0 Å². The number of hydrogen-bond donors (Lipinski definition) is 2. The highest BCUT2D eigenvalue weighted by molar-refractivity contribution is 6.03. The Kier molecular flexibility index (Phi) is 3.43. The van der Waals surface area contributed by atoms with Gasteiger partial charge in [0.1, 0.15) is 11.8 Å². The van der Waals surface area contributed by atoms with Crippen LogP contribution in [-0.4, -0.2) is 48.6 Å². The number of fused-ring (bicyclic) bond motifs is 2. The maximum atomic E-state index is 10.8. The summed E-state index contributed by atoms with van der Waals surface area (Å²) in [6.07, 6.45) is 5.48. The van der Waals surface area contributed by atoms with E-state index in [1.807, 2.05) is 34.9 Å². The van der Waals surface area contributed by atoms with Crippen LogP contribution in [0.4, 0.5) is 5.82 Å². The standard InChI is InChI=1S/C20H20N6O2/c27-14-8-13(18-15(14)16(25-28-18)11-4-2-1-3-5-11)26-10-23-17-19(24-12-6-7-12)21-9-22-20(17)26/h1-5,9-10,12-15,18,27H,6-8H2,(H,21,22,24)/t13-,14+,15+,18+/m1/s1. The number of aliphatic hydroxyl groups excluding tert-OH is 1. The van der Waals surface area contributed by atoms with Crippen molar-refractivity contribution in [2.75, 3.05) is 5.32 Å². The molecule has 1 aliphatic heterocycles. The van der Waals surface area contributed by atoms with Crippen LogP contribution in [0.3, 0.4) is 0 Å². The lowest BCUT2D eigenvalue weighted by molar-refractivity contribution is 0.0380. The average Bonchev–Trinajstić information content (AvgIpc) is 3.15. The van der Waals surface area contributed by atoms with Crippen molar-refractivity contribution in [3.05, 3.63) is 48.5 Å². The minimum absolute atomic E-state index is 0.0846. The molecule has 0 amide bonds. The number of anilines is 1. The van der Waals surface area contributed by atoms with Crippen LogP contribution in [0.15, 0.2) is 48.1 Å². The summed E-state index contributed by atoms with van der Waals surface area (Å²) in [5, 5.41) is 18.6. The molecule has 142 valence electrons. The van der Waals surface area contributed by atoms with Gasteiger partial charge in [-0.15, -0.1) is 0 Å². The lowest BCUT2D eigenvalue weighted by Crippen LogP contribution is -2.29. The van der Waals surface area contributed by atoms with Gasteiger partial charge in [0.2, 0.25) is 0 Å². The van der Waals surface area contributed by atoms with Gasteiger partial charge in [0.25, 0.3) is 0 Å². The lowest BCUT2D eigenvalue weighted by atomic mass is 9.92. The Morgan fingerprint density at radius 2 is 1.96 bits per heavy atom. The lowest BCUT2D eigenvalue weighted by Gasteiger charge is -2.18. The van der Waals surface area contributed by atoms with E-state index in [4.69, 9.17) is 4.84 Å². The van der Waals surface area contributed by atoms with E-state index in [0.29, 0.717) is 12.5 Å². The van der Waals surface area contributed by atoms with Crippen molar-refractivity contribution in [2.24, 2.45) is 11.1 Å². The van der Waals surface area contributed by atoms with Crippen LogP contribution in [0.5, 0.6) is 0 Å². The Hall–Kier alpha value is -3.00. The highest BCUT2D eigenvalue weighted by atomic mass is 16.6. The first-order chi connectivity index (χ1) is 13.8. The van der Waals surface area contributed by atoms with Crippen LogP contribution in [0.1, 0.15) is 30.9 Å². The number of oxime groups is 1. The number of rotatable bonds is 4. The summed E-state index contributed by atoms with van der Waals surface area (Å²) >= 11 is 0. The second kappa shape index (κ2) is 6.00. The molecule has 8 nitrogen and oxygen atoms in total. The van der Waals surface area contributed by atoms with Crippen molar-refractivity contribution in [3.63, 3.8) is 0 Å². The summed E-state index contributed by atoms with van der Waals surface area (Å²) < 4.78 is 2.01. The van der Waals surface area contributed by atoms with Gasteiger partial charge in [0.05, 0.1) is 30.1 Å². The third-order valence-electron chi connectivity index (χ3n) is 5.92. The first-order valence-electron chi connectivity index (χ1n) is 9.71. The zero-order valence-corrected chi connectivity index (χ0v) is 15.1. The number of benzene rings is 1. The van der Waals surface area contributed by atoms with E-state index in [1.165, 1.54) is 0 Å². The maximum absolute atomic E-state index is 10.8. The van der Waals surface area contributed by atoms with Gasteiger partial charge in [-0.1, -0.05) is 35.5 Å². The van der Waals surface area contributed by atoms with Gasteiger partial charge in [-0.3, -0.25) is 0 Å². The molecule has 3 heterocycles. The van der Waals surface area contributed by atoms with Crippen molar-refractivity contribution in [3.8, 4) is 0 Å². The summed E-state index contributed by atoms with van der Waals surface area (Å²) in [6, 6.07) is 10.3. The summed E-state index contributed by atoms with van der Waals surface area (Å²) in [6.45, 7) is 0. The van der Waals surface area contributed by atoms with Crippen LogP contribution in [0.25, 0.3) is 11.2 Å². The minimum atomic E-state index is -0.528. The Labute approximate surface area is 161 Å². The largest absolute Gasteiger partial charge is 0.392 e. The molecule has 4 atom stereocenters. The molecule has 2 N–H and O–H groups in total. The number of nitrogens with zero attached hydrogens (tertiary/aromatic N) is 5. The molecule has 1 aromatic carbocycles. The van der Waals surface area contributed by atoms with Crippen molar-refractivity contribution < 1.29 is 9.94 Å². The Morgan fingerprint density at radius 1 is 1.11 bits per heavy atom. The topological polar surface area (TPSA) is 97.5 Å². The molecule has 2 saturated carbocycles. The number of nitrogens with one attached hydrogen (secondary N) is 1. The minimum Gasteiger partial charge on any atom is -0.392 e. The first-order valence-corrected chi connectivity index (χ1v) is 9.71. The summed E-state index contributed by atoms with van der Waals surface area (Å²) in [5.74, 6) is 0.616. The van der Waals surface area contributed by atoms with E-state index in [2.05, 4.69) is 25.4 Å². The van der Waals surface area contributed by atoms with Crippen molar-refractivity contribution in [1.82, 2.24) is 19.5 Å². The zero-order chi connectivity index (χ0) is 18.7. The molecule has 2 aromatic heterocycles. The molecule has 2 aliphatic carbocycles. The fourth-order valence-corrected chi connectivity index (χ4v) is 4.39. The second-order valence-corrected chi connectivity index (χ2v) is 7.77. The quantitative estimate of drug-likeness (QED) is 0.724. The van der Waals surface area contributed by atoms with Crippen LogP contribution < -0.4 is 5.32 Å². The predicted molar refractivity (Wildman–Crippen MR) is 103 cm³/mol. The van der Waals surface area contributed by atoms with Crippen molar-refractivity contribution >= 4 is 22.7 Å². The SMILES string of the molecule is O[C@H]1C[C@@H](n2cnc3c(NC4CC4)ncnc32)[C@@H]2ON=C(c3ccccc3)[C@@H]21. The Bertz CT molecular complexity index is 1060. The highest BCUT2D eigenvalue weighted by Gasteiger charge is 2.52. The van der Waals surface area contributed by atoms with Gasteiger partial charge < -0.3 is 19.8 Å². The van der Waals surface area contributed by atoms with Gasteiger partial charge in [0, 0.05) is 6.04 Å². The zero-order valence-electron chi connectivity index (χ0n) is 15.1. The second-order valence-electron chi connectivity index (χ2n) is 7.77. The first kappa shape index (κ1) is 16.0. The van der Waals surface area contributed by atoms with Gasteiger partial charge in [-0.2, -0.15) is 0 Å². The maximum Gasteiger partial charge on any atom is 0.165 e. The predicted octanol–water partition coefficient (Wildman–Crippen LogP) is 2.13. The van der Waals surface area contributed by atoms with E-state index in [1.54, 1.807) is 12.7 Å². The molecule has 6 rings (SSSR count). The molecule has 0 unspecified atom stereocenters. The fourth-order valence-electron chi connectivity index (χ4n) is 4.39. The van der Waals surface area contributed by atoms with Gasteiger partial charge >= 0.3 is 0 Å². The molecule has 0 spiro atoms. The molecule has 3 aromatic rings. The van der Waals surface area contributed by atoms with E-state index in [0.717, 1.165) is 41.1 Å². The van der Waals surface area contributed by atoms with Gasteiger partial charge in [-0.05, 0) is 24.8 Å². The molecule has 28 heavy (non-hydrogen) atoms. The van der Waals surface area contributed by atoms with E-state index in [-0.39, 0.29) is 18.1 Å². The summed E-state index contributed by atoms with van der Waals surface area (Å²) in [5.41, 5.74) is 3.32. The molecule has 2 fully saturated rings. The monoisotopic (exact) mass is 376 g/mol. The third kappa shape index (κ3) is 2.41. The summed E-state index contributed by atoms with van der Waals surface area (Å²) in [4.78, 5) is 19.2. The van der Waals surface area contributed by atoms with Crippen molar-refractivity contribution in [1.29, 1.82) is 0 Å². The fraction of sp³-hybridized carbons (Fsp3) is 0.400. The van der Waals surface area contributed by atoms with Crippen molar-refractivity contribution in [2.45, 2.75) is 43.6 Å². The third-order valence-corrected chi connectivity index (χ3v) is 5.92. The molecular weight excluding hydrogens is 356 g/mol. The van der Waals surface area contributed by atoms with Crippen LogP contribution >= 0.6 is 0 Å². The summed E-state index contributed by atoms with van der Waals surface area (Å²) in [7, 11) is 0. The van der Waals surface area contributed by atoms with E-state index >= 15 is 0 Å². The molecular formula is C20H20N6O2. The number of hydrogen-bond acceptors (Lipinski definition) is 7. The molecule has 0 radical (unpaired) electrons. The van der Waals surface area contributed by atoms with E-state index < -0.39 is 6.10 Å². The van der Waals surface area contributed by atoms with Crippen LogP contribution in [0, 0.1) is 5.92 Å². The number of aromatic nitrogens is 4. The average molecular weight is 376 g/mol. The molecule has 0 bridgehead atoms. The molecule has 3 aliphatic rings. The number of imidazole rings is 1. The van der Waals surface area contributed by atoms with Gasteiger partial charge in [0.15, 0.2) is 17.6 Å². The van der Waals surface area contributed by atoms with Crippen LogP contribution in [-0.2, 0) is 4.84 Å². The van der Waals surface area contributed by atoms with E-state index in [9.17, 15) is 5.11 Å². The number of aliphatic hydroxyl groups is 1. The Morgan fingerprint density at radius 3 is 2.79 bits per heavy atom. The molecule has 8 heteroatoms. The normalized spacial score (nSPS) is 28.8.